The molecule has 0 aromatic heterocycles. The summed E-state index contributed by atoms with van der Waals surface area (Å²) in [5.41, 5.74) is 3.15. The molecule has 4 heteroatoms. The number of anilines is 1. The van der Waals surface area contributed by atoms with E-state index in [1.165, 1.54) is 17.7 Å². The molecule has 1 aliphatic rings. The highest BCUT2D eigenvalue weighted by atomic mass is 79.9. The van der Waals surface area contributed by atoms with Crippen molar-refractivity contribution in [3.63, 3.8) is 0 Å². The molecule has 2 aromatic rings. The van der Waals surface area contributed by atoms with Gasteiger partial charge in [-0.2, -0.15) is 0 Å². The predicted molar refractivity (Wildman–Crippen MR) is 77.1 cm³/mol. The van der Waals surface area contributed by atoms with Gasteiger partial charge in [-0.25, -0.2) is 4.39 Å². The minimum Gasteiger partial charge on any atom is -0.493 e. The van der Waals surface area contributed by atoms with Crippen molar-refractivity contribution < 1.29 is 9.13 Å². The fourth-order valence-electron chi connectivity index (χ4n) is 2.17. The van der Waals surface area contributed by atoms with Crippen molar-refractivity contribution in [3.8, 4) is 5.75 Å². The summed E-state index contributed by atoms with van der Waals surface area (Å²) in [5, 5.41) is 3.31. The fraction of sp³-hybridized carbons (Fsp3) is 0.200. The van der Waals surface area contributed by atoms with Crippen LogP contribution in [-0.4, -0.2) is 6.61 Å². The Labute approximate surface area is 119 Å². The van der Waals surface area contributed by atoms with Crippen LogP contribution in [0.5, 0.6) is 5.75 Å². The van der Waals surface area contributed by atoms with Gasteiger partial charge in [-0.1, -0.05) is 15.9 Å². The number of rotatable bonds is 3. The third kappa shape index (κ3) is 2.73. The van der Waals surface area contributed by atoms with Gasteiger partial charge in [0.25, 0.3) is 0 Å². The summed E-state index contributed by atoms with van der Waals surface area (Å²) < 4.78 is 19.6. The van der Waals surface area contributed by atoms with Gasteiger partial charge in [0.2, 0.25) is 0 Å². The van der Waals surface area contributed by atoms with Crippen LogP contribution in [0.1, 0.15) is 11.1 Å². The van der Waals surface area contributed by atoms with E-state index in [1.807, 2.05) is 12.1 Å². The maximum Gasteiger partial charge on any atom is 0.123 e. The number of hydrogen-bond donors (Lipinski definition) is 1. The lowest BCUT2D eigenvalue weighted by Gasteiger charge is -2.09. The van der Waals surface area contributed by atoms with E-state index in [0.29, 0.717) is 6.54 Å². The van der Waals surface area contributed by atoms with Crippen LogP contribution in [0.25, 0.3) is 0 Å². The molecule has 2 nitrogen and oxygen atoms in total. The van der Waals surface area contributed by atoms with Gasteiger partial charge in [-0.05, 0) is 47.5 Å². The van der Waals surface area contributed by atoms with E-state index in [9.17, 15) is 4.39 Å². The Balaban J connectivity index is 1.74. The van der Waals surface area contributed by atoms with Crippen LogP contribution >= 0.6 is 15.9 Å². The van der Waals surface area contributed by atoms with Crippen molar-refractivity contribution in [2.24, 2.45) is 0 Å². The topological polar surface area (TPSA) is 21.3 Å². The molecule has 1 heterocycles. The molecule has 0 bridgehead atoms. The first kappa shape index (κ1) is 12.5. The van der Waals surface area contributed by atoms with Crippen molar-refractivity contribution in [1.29, 1.82) is 0 Å². The number of ether oxygens (including phenoxy) is 1. The highest BCUT2D eigenvalue weighted by molar-refractivity contribution is 9.10. The van der Waals surface area contributed by atoms with Gasteiger partial charge in [0.1, 0.15) is 11.6 Å². The molecule has 0 radical (unpaired) electrons. The summed E-state index contributed by atoms with van der Waals surface area (Å²) in [7, 11) is 0. The largest absolute Gasteiger partial charge is 0.493 e. The van der Waals surface area contributed by atoms with Crippen molar-refractivity contribution >= 4 is 21.6 Å². The van der Waals surface area contributed by atoms with Crippen LogP contribution in [0.4, 0.5) is 10.1 Å². The summed E-state index contributed by atoms with van der Waals surface area (Å²) in [5.74, 6) is 0.750. The standard InChI is InChI=1S/C15H13BrFNO/c16-14-3-1-12(17)7-11(14)9-18-13-2-4-15-10(8-13)5-6-19-15/h1-4,7-8,18H,5-6,9H2. The molecule has 2 aromatic carbocycles. The fourth-order valence-corrected chi connectivity index (χ4v) is 2.56. The van der Waals surface area contributed by atoms with Gasteiger partial charge in [0, 0.05) is 23.1 Å². The highest BCUT2D eigenvalue weighted by Gasteiger charge is 2.12. The number of halogens is 2. The molecule has 1 N–H and O–H groups in total. The molecule has 0 saturated carbocycles. The van der Waals surface area contributed by atoms with Crippen molar-refractivity contribution in [1.82, 2.24) is 0 Å². The van der Waals surface area contributed by atoms with Crippen LogP contribution in [0.15, 0.2) is 40.9 Å². The van der Waals surface area contributed by atoms with Crippen LogP contribution in [0.3, 0.4) is 0 Å². The lowest BCUT2D eigenvalue weighted by atomic mass is 10.1. The summed E-state index contributed by atoms with van der Waals surface area (Å²) in [6.45, 7) is 1.34. The van der Waals surface area contributed by atoms with Gasteiger partial charge in [-0.3, -0.25) is 0 Å². The lowest BCUT2D eigenvalue weighted by molar-refractivity contribution is 0.357. The molecule has 0 spiro atoms. The molecule has 0 amide bonds. The van der Waals surface area contributed by atoms with E-state index in [-0.39, 0.29) is 5.82 Å². The average molecular weight is 322 g/mol. The van der Waals surface area contributed by atoms with Crippen LogP contribution in [0.2, 0.25) is 0 Å². The normalized spacial score (nSPS) is 12.9. The molecule has 98 valence electrons. The number of nitrogens with one attached hydrogen (secondary N) is 1. The summed E-state index contributed by atoms with van der Waals surface area (Å²) in [4.78, 5) is 0. The van der Waals surface area contributed by atoms with Crippen LogP contribution in [0, 0.1) is 5.82 Å². The lowest BCUT2D eigenvalue weighted by Crippen LogP contribution is -2.01. The van der Waals surface area contributed by atoms with Gasteiger partial charge in [0.15, 0.2) is 0 Å². The number of benzene rings is 2. The smallest absolute Gasteiger partial charge is 0.123 e. The zero-order valence-corrected chi connectivity index (χ0v) is 11.8. The monoisotopic (exact) mass is 321 g/mol. The molecule has 0 fully saturated rings. The van der Waals surface area contributed by atoms with E-state index in [0.717, 1.165) is 34.5 Å². The zero-order chi connectivity index (χ0) is 13.2. The average Bonchev–Trinajstić information content (AvgIpc) is 2.87. The molecule has 0 saturated heterocycles. The van der Waals surface area contributed by atoms with Gasteiger partial charge in [0.05, 0.1) is 6.61 Å². The van der Waals surface area contributed by atoms with Gasteiger partial charge >= 0.3 is 0 Å². The Kier molecular flexibility index (Phi) is 3.42. The molecule has 0 aliphatic carbocycles. The highest BCUT2D eigenvalue weighted by Crippen LogP contribution is 2.28. The maximum atomic E-state index is 13.2. The van der Waals surface area contributed by atoms with Gasteiger partial charge in [-0.15, -0.1) is 0 Å². The molecule has 3 rings (SSSR count). The predicted octanol–water partition coefficient (Wildman–Crippen LogP) is 4.14. The minimum absolute atomic E-state index is 0.220. The molecule has 1 aliphatic heterocycles. The van der Waals surface area contributed by atoms with Crippen LogP contribution < -0.4 is 10.1 Å². The first-order chi connectivity index (χ1) is 9.22. The summed E-state index contributed by atoms with van der Waals surface area (Å²) in [6, 6.07) is 10.8. The van der Waals surface area contributed by atoms with E-state index in [4.69, 9.17) is 4.74 Å². The Bertz CT molecular complexity index is 615. The molecular weight excluding hydrogens is 309 g/mol. The third-order valence-electron chi connectivity index (χ3n) is 3.18. The number of fused-ring (bicyclic) bond motifs is 1. The first-order valence-corrected chi connectivity index (χ1v) is 6.95. The molecule has 0 atom stereocenters. The van der Waals surface area contributed by atoms with E-state index in [1.54, 1.807) is 6.07 Å². The first-order valence-electron chi connectivity index (χ1n) is 6.16. The second-order valence-corrected chi connectivity index (χ2v) is 5.36. The number of hydrogen-bond acceptors (Lipinski definition) is 2. The molecular formula is C15H13BrFNO. The second kappa shape index (κ2) is 5.21. The molecule has 0 unspecified atom stereocenters. The van der Waals surface area contributed by atoms with Crippen molar-refractivity contribution in [3.05, 3.63) is 57.8 Å². The maximum absolute atomic E-state index is 13.2. The summed E-state index contributed by atoms with van der Waals surface area (Å²) >= 11 is 3.43. The quantitative estimate of drug-likeness (QED) is 0.917. The van der Waals surface area contributed by atoms with Gasteiger partial charge < -0.3 is 10.1 Å². The third-order valence-corrected chi connectivity index (χ3v) is 3.95. The summed E-state index contributed by atoms with van der Waals surface area (Å²) in [6.07, 6.45) is 0.953. The van der Waals surface area contributed by atoms with E-state index < -0.39 is 0 Å². The Hall–Kier alpha value is -1.55. The van der Waals surface area contributed by atoms with Crippen molar-refractivity contribution in [2.45, 2.75) is 13.0 Å². The Morgan fingerprint density at radius 1 is 1.21 bits per heavy atom. The molecule has 19 heavy (non-hydrogen) atoms. The SMILES string of the molecule is Fc1ccc(Br)c(CNc2ccc3c(c2)CCO3)c1. The van der Waals surface area contributed by atoms with E-state index in [2.05, 4.69) is 27.3 Å². The van der Waals surface area contributed by atoms with E-state index >= 15 is 0 Å². The Morgan fingerprint density at radius 3 is 3.00 bits per heavy atom. The second-order valence-electron chi connectivity index (χ2n) is 4.51. The zero-order valence-electron chi connectivity index (χ0n) is 10.2. The Morgan fingerprint density at radius 2 is 2.11 bits per heavy atom. The van der Waals surface area contributed by atoms with Crippen LogP contribution in [-0.2, 0) is 13.0 Å². The van der Waals surface area contributed by atoms with Crippen molar-refractivity contribution in [2.75, 3.05) is 11.9 Å². The minimum atomic E-state index is -0.220.